The molecule has 0 aromatic heterocycles. The normalized spacial score (nSPS) is 21.5. The lowest BCUT2D eigenvalue weighted by Crippen LogP contribution is -2.55. The van der Waals surface area contributed by atoms with Crippen molar-refractivity contribution >= 4 is 0 Å². The Hall–Kier alpha value is -0.0800. The van der Waals surface area contributed by atoms with E-state index in [1.54, 1.807) is 0 Å². The molecule has 2 nitrogen and oxygen atoms in total. The van der Waals surface area contributed by atoms with Gasteiger partial charge in [-0.25, -0.2) is 0 Å². The molecule has 0 aliphatic carbocycles. The first-order valence-electron chi connectivity index (χ1n) is 8.06. The van der Waals surface area contributed by atoms with Gasteiger partial charge in [-0.3, -0.25) is 4.90 Å². The minimum atomic E-state index is 0.363. The van der Waals surface area contributed by atoms with Crippen molar-refractivity contribution in [3.8, 4) is 0 Å². The quantitative estimate of drug-likeness (QED) is 0.815. The molecule has 116 valence electrons. The molecule has 0 aromatic carbocycles. The lowest BCUT2D eigenvalue weighted by Gasteiger charge is -2.42. The second kappa shape index (κ2) is 7.64. The van der Waals surface area contributed by atoms with Gasteiger partial charge in [0.1, 0.15) is 0 Å². The molecule has 2 heteroatoms. The molecule has 1 saturated heterocycles. The van der Waals surface area contributed by atoms with E-state index >= 15 is 0 Å². The van der Waals surface area contributed by atoms with Crippen molar-refractivity contribution in [2.45, 2.75) is 105 Å². The van der Waals surface area contributed by atoms with Gasteiger partial charge in [0, 0.05) is 23.2 Å². The van der Waals surface area contributed by atoms with Crippen molar-refractivity contribution in [2.24, 2.45) is 0 Å². The van der Waals surface area contributed by atoms with Crippen LogP contribution >= 0.6 is 0 Å². The van der Waals surface area contributed by atoms with Crippen LogP contribution in [0.15, 0.2) is 0 Å². The van der Waals surface area contributed by atoms with Gasteiger partial charge in [0.15, 0.2) is 0 Å². The van der Waals surface area contributed by atoms with Crippen molar-refractivity contribution in [3.05, 3.63) is 0 Å². The highest BCUT2D eigenvalue weighted by Gasteiger charge is 2.31. The Morgan fingerprint density at radius 3 is 1.37 bits per heavy atom. The van der Waals surface area contributed by atoms with Crippen molar-refractivity contribution in [2.75, 3.05) is 6.54 Å². The van der Waals surface area contributed by atoms with E-state index in [-0.39, 0.29) is 0 Å². The first-order valence-corrected chi connectivity index (χ1v) is 8.06. The van der Waals surface area contributed by atoms with Gasteiger partial charge in [0.25, 0.3) is 0 Å². The predicted octanol–water partition coefficient (Wildman–Crippen LogP) is 4.44. The number of hydrogen-bond donors (Lipinski definition) is 1. The van der Waals surface area contributed by atoms with Gasteiger partial charge in [-0.05, 0) is 81.2 Å². The first-order chi connectivity index (χ1) is 8.51. The zero-order valence-corrected chi connectivity index (χ0v) is 14.9. The molecule has 1 fully saturated rings. The summed E-state index contributed by atoms with van der Waals surface area (Å²) in [5.41, 5.74) is 0.726. The Labute approximate surface area is 122 Å². The molecule has 1 heterocycles. The zero-order chi connectivity index (χ0) is 15.3. The SMILES string of the molecule is CC1(C)CCCC(C)(C)N1.CCN(C(C)C)C(C)C. The topological polar surface area (TPSA) is 15.3 Å². The van der Waals surface area contributed by atoms with Gasteiger partial charge in [0.2, 0.25) is 0 Å². The highest BCUT2D eigenvalue weighted by molar-refractivity contribution is 4.92. The van der Waals surface area contributed by atoms with Gasteiger partial charge >= 0.3 is 0 Å². The van der Waals surface area contributed by atoms with E-state index < -0.39 is 0 Å². The number of hydrogen-bond acceptors (Lipinski definition) is 2. The van der Waals surface area contributed by atoms with Crippen LogP contribution in [0.25, 0.3) is 0 Å². The second-order valence-corrected chi connectivity index (χ2v) is 7.76. The van der Waals surface area contributed by atoms with Gasteiger partial charge < -0.3 is 5.32 Å². The largest absolute Gasteiger partial charge is 0.307 e. The maximum absolute atomic E-state index is 3.63. The molecule has 0 amide bonds. The molecular formula is C17H38N2. The lowest BCUT2D eigenvalue weighted by atomic mass is 9.83. The standard InChI is InChI=1S/C9H19N.C8H19N/c1-8(2)6-5-7-9(3,4)10-8;1-6-9(7(2)3)8(4)5/h10H,5-7H2,1-4H3;7-8H,6H2,1-5H3. The fourth-order valence-electron chi connectivity index (χ4n) is 3.34. The molecule has 0 spiro atoms. The number of piperidine rings is 1. The van der Waals surface area contributed by atoms with Crippen molar-refractivity contribution in [3.63, 3.8) is 0 Å². The van der Waals surface area contributed by atoms with Crippen LogP contribution in [0.5, 0.6) is 0 Å². The summed E-state index contributed by atoms with van der Waals surface area (Å²) in [6.07, 6.45) is 4.00. The Kier molecular flexibility index (Phi) is 7.60. The fraction of sp³-hybridized carbons (Fsp3) is 1.00. The summed E-state index contributed by atoms with van der Waals surface area (Å²) in [5, 5.41) is 3.63. The molecule has 0 unspecified atom stereocenters. The number of nitrogens with one attached hydrogen (secondary N) is 1. The van der Waals surface area contributed by atoms with E-state index in [2.05, 4.69) is 72.5 Å². The maximum atomic E-state index is 3.63. The van der Waals surface area contributed by atoms with E-state index in [4.69, 9.17) is 0 Å². The average molecular weight is 271 g/mol. The van der Waals surface area contributed by atoms with Crippen LogP contribution in [0.4, 0.5) is 0 Å². The molecule has 19 heavy (non-hydrogen) atoms. The lowest BCUT2D eigenvalue weighted by molar-refractivity contribution is 0.183. The van der Waals surface area contributed by atoms with Crippen LogP contribution in [0.1, 0.15) is 81.6 Å². The van der Waals surface area contributed by atoms with Crippen LogP contribution in [-0.2, 0) is 0 Å². The Morgan fingerprint density at radius 2 is 1.26 bits per heavy atom. The van der Waals surface area contributed by atoms with Crippen molar-refractivity contribution < 1.29 is 0 Å². The highest BCUT2D eigenvalue weighted by atomic mass is 15.2. The summed E-state index contributed by atoms with van der Waals surface area (Å²) in [6.45, 7) is 21.5. The van der Waals surface area contributed by atoms with E-state index in [1.807, 2.05) is 0 Å². The molecule has 1 N–H and O–H groups in total. The predicted molar refractivity (Wildman–Crippen MR) is 87.8 cm³/mol. The zero-order valence-electron chi connectivity index (χ0n) is 14.9. The summed E-state index contributed by atoms with van der Waals surface area (Å²) >= 11 is 0. The molecule has 1 aliphatic rings. The van der Waals surface area contributed by atoms with E-state index in [0.29, 0.717) is 23.2 Å². The van der Waals surface area contributed by atoms with Crippen molar-refractivity contribution in [1.82, 2.24) is 10.2 Å². The van der Waals surface area contributed by atoms with Crippen LogP contribution in [0.2, 0.25) is 0 Å². The first kappa shape index (κ1) is 18.9. The van der Waals surface area contributed by atoms with Gasteiger partial charge in [-0.1, -0.05) is 6.92 Å². The molecule has 0 aromatic rings. The molecule has 0 atom stereocenters. The third kappa shape index (κ3) is 7.94. The highest BCUT2D eigenvalue weighted by Crippen LogP contribution is 2.27. The Bertz CT molecular complexity index is 220. The molecule has 1 rings (SSSR count). The van der Waals surface area contributed by atoms with Crippen LogP contribution in [0, 0.1) is 0 Å². The molecule has 0 saturated carbocycles. The fourth-order valence-corrected chi connectivity index (χ4v) is 3.34. The third-order valence-electron chi connectivity index (χ3n) is 3.97. The number of nitrogens with zero attached hydrogens (tertiary/aromatic N) is 1. The van der Waals surface area contributed by atoms with Crippen LogP contribution < -0.4 is 5.32 Å². The summed E-state index contributed by atoms with van der Waals surface area (Å²) in [4.78, 5) is 2.46. The van der Waals surface area contributed by atoms with Crippen molar-refractivity contribution in [1.29, 1.82) is 0 Å². The van der Waals surface area contributed by atoms with E-state index in [1.165, 1.54) is 19.3 Å². The van der Waals surface area contributed by atoms with Crippen LogP contribution in [0.3, 0.4) is 0 Å². The van der Waals surface area contributed by atoms with Gasteiger partial charge in [-0.2, -0.15) is 0 Å². The summed E-state index contributed by atoms with van der Waals surface area (Å²) in [5.74, 6) is 0. The Morgan fingerprint density at radius 1 is 0.895 bits per heavy atom. The monoisotopic (exact) mass is 270 g/mol. The summed E-state index contributed by atoms with van der Waals surface area (Å²) in [7, 11) is 0. The smallest absolute Gasteiger partial charge is 0.0130 e. The summed E-state index contributed by atoms with van der Waals surface area (Å²) in [6, 6.07) is 1.38. The Balaban J connectivity index is 0.000000344. The minimum absolute atomic E-state index is 0.363. The van der Waals surface area contributed by atoms with Crippen LogP contribution in [-0.4, -0.2) is 34.6 Å². The van der Waals surface area contributed by atoms with E-state index in [9.17, 15) is 0 Å². The molecule has 0 radical (unpaired) electrons. The molecule has 0 bridgehead atoms. The maximum Gasteiger partial charge on any atom is 0.0130 e. The van der Waals surface area contributed by atoms with Gasteiger partial charge in [-0.15, -0.1) is 0 Å². The minimum Gasteiger partial charge on any atom is -0.307 e. The number of rotatable bonds is 3. The van der Waals surface area contributed by atoms with E-state index in [0.717, 1.165) is 6.54 Å². The summed E-state index contributed by atoms with van der Waals surface area (Å²) < 4.78 is 0. The third-order valence-corrected chi connectivity index (χ3v) is 3.97. The average Bonchev–Trinajstić information content (AvgIpc) is 2.13. The second-order valence-electron chi connectivity index (χ2n) is 7.76. The molecular weight excluding hydrogens is 232 g/mol. The van der Waals surface area contributed by atoms with Gasteiger partial charge in [0.05, 0.1) is 0 Å². The molecule has 1 aliphatic heterocycles.